The summed E-state index contributed by atoms with van der Waals surface area (Å²) in [5.41, 5.74) is 1.23. The van der Waals surface area contributed by atoms with E-state index in [0.717, 1.165) is 6.42 Å². The molecule has 1 rings (SSSR count). The second-order valence-corrected chi connectivity index (χ2v) is 3.89. The van der Waals surface area contributed by atoms with Crippen LogP contribution in [0.5, 0.6) is 0 Å². The number of carbonyl (C=O) groups excluding carboxylic acids is 1. The van der Waals surface area contributed by atoms with Crippen LogP contribution < -0.4 is 5.90 Å². The molecule has 0 aromatic heterocycles. The van der Waals surface area contributed by atoms with Gasteiger partial charge in [0.1, 0.15) is 0 Å². The third-order valence-electron chi connectivity index (χ3n) is 2.59. The van der Waals surface area contributed by atoms with Crippen LogP contribution in [0.25, 0.3) is 0 Å². The molecule has 0 aliphatic rings. The smallest absolute Gasteiger partial charge is 0.327 e. The molecule has 0 bridgehead atoms. The van der Waals surface area contributed by atoms with Crippen molar-refractivity contribution in [2.75, 3.05) is 0 Å². The van der Waals surface area contributed by atoms with E-state index in [9.17, 15) is 4.79 Å². The van der Waals surface area contributed by atoms with E-state index in [1.165, 1.54) is 5.56 Å². The van der Waals surface area contributed by atoms with Gasteiger partial charge in [0.05, 0.1) is 5.92 Å². The first kappa shape index (κ1) is 11.7. The van der Waals surface area contributed by atoms with E-state index in [1.807, 2.05) is 25.1 Å². The molecule has 0 heterocycles. The van der Waals surface area contributed by atoms with E-state index >= 15 is 0 Å². The summed E-state index contributed by atoms with van der Waals surface area (Å²) in [5, 5.41) is 0. The van der Waals surface area contributed by atoms with E-state index < -0.39 is 0 Å². The van der Waals surface area contributed by atoms with Crippen molar-refractivity contribution in [3.8, 4) is 0 Å². The first-order chi connectivity index (χ1) is 7.15. The van der Waals surface area contributed by atoms with Crippen molar-refractivity contribution in [2.24, 2.45) is 11.8 Å². The molecular weight excluding hydrogens is 190 g/mol. The summed E-state index contributed by atoms with van der Waals surface area (Å²) < 4.78 is 0. The minimum atomic E-state index is -0.349. The van der Waals surface area contributed by atoms with Crippen LogP contribution in [0.15, 0.2) is 30.3 Å². The van der Waals surface area contributed by atoms with Crippen LogP contribution >= 0.6 is 0 Å². The fraction of sp³-hybridized carbons (Fsp3) is 0.417. The summed E-state index contributed by atoms with van der Waals surface area (Å²) in [6.07, 6.45) is 0.750. The van der Waals surface area contributed by atoms with Crippen LogP contribution in [0, 0.1) is 5.92 Å². The van der Waals surface area contributed by atoms with Crippen molar-refractivity contribution >= 4 is 5.97 Å². The van der Waals surface area contributed by atoms with E-state index in [2.05, 4.69) is 23.9 Å². The van der Waals surface area contributed by atoms with Crippen molar-refractivity contribution in [1.82, 2.24) is 0 Å². The molecule has 1 aromatic carbocycles. The monoisotopic (exact) mass is 207 g/mol. The van der Waals surface area contributed by atoms with Crippen molar-refractivity contribution in [2.45, 2.75) is 26.2 Å². The molecule has 0 spiro atoms. The highest BCUT2D eigenvalue weighted by Crippen LogP contribution is 2.23. The Morgan fingerprint density at radius 3 is 2.47 bits per heavy atom. The number of hydrogen-bond donors (Lipinski definition) is 1. The standard InChI is InChI=1S/C12H17NO2/c1-9(8-10(2)12(14)15-13)11-6-4-3-5-7-11/h3-7,9-10H,8,13H2,1-2H3. The highest BCUT2D eigenvalue weighted by atomic mass is 16.7. The van der Waals surface area contributed by atoms with Crippen LogP contribution in [0.2, 0.25) is 0 Å². The van der Waals surface area contributed by atoms with Gasteiger partial charge in [0.2, 0.25) is 0 Å². The van der Waals surface area contributed by atoms with Gasteiger partial charge in [-0.15, -0.1) is 0 Å². The highest BCUT2D eigenvalue weighted by molar-refractivity contribution is 5.71. The molecule has 2 unspecified atom stereocenters. The molecule has 0 aliphatic heterocycles. The van der Waals surface area contributed by atoms with Crippen LogP contribution in [-0.4, -0.2) is 5.97 Å². The van der Waals surface area contributed by atoms with Gasteiger partial charge in [-0.2, -0.15) is 5.90 Å². The first-order valence-corrected chi connectivity index (χ1v) is 5.10. The Morgan fingerprint density at radius 1 is 1.33 bits per heavy atom. The Hall–Kier alpha value is -1.35. The predicted octanol–water partition coefficient (Wildman–Crippen LogP) is 2.23. The molecule has 3 heteroatoms. The SMILES string of the molecule is CC(CC(C)c1ccccc1)C(=O)ON. The molecule has 82 valence electrons. The van der Waals surface area contributed by atoms with E-state index in [4.69, 9.17) is 5.90 Å². The van der Waals surface area contributed by atoms with Gasteiger partial charge in [0.25, 0.3) is 0 Å². The summed E-state index contributed by atoms with van der Waals surface area (Å²) in [7, 11) is 0. The van der Waals surface area contributed by atoms with Gasteiger partial charge in [-0.3, -0.25) is 4.79 Å². The fourth-order valence-electron chi connectivity index (χ4n) is 1.66. The Labute approximate surface area is 90.2 Å². The molecule has 15 heavy (non-hydrogen) atoms. The lowest BCUT2D eigenvalue weighted by Crippen LogP contribution is -2.19. The van der Waals surface area contributed by atoms with Crippen molar-refractivity contribution in [3.05, 3.63) is 35.9 Å². The second-order valence-electron chi connectivity index (χ2n) is 3.89. The number of carbonyl (C=O) groups is 1. The fourth-order valence-corrected chi connectivity index (χ4v) is 1.66. The summed E-state index contributed by atoms with van der Waals surface area (Å²) in [5.74, 6) is 4.66. The predicted molar refractivity (Wildman–Crippen MR) is 58.9 cm³/mol. The lowest BCUT2D eigenvalue weighted by atomic mass is 9.91. The highest BCUT2D eigenvalue weighted by Gasteiger charge is 2.17. The maximum atomic E-state index is 11.1. The molecule has 0 amide bonds. The van der Waals surface area contributed by atoms with Gasteiger partial charge in [0.15, 0.2) is 0 Å². The van der Waals surface area contributed by atoms with E-state index in [0.29, 0.717) is 5.92 Å². The second kappa shape index (κ2) is 5.51. The third-order valence-corrected chi connectivity index (χ3v) is 2.59. The average Bonchev–Trinajstić information content (AvgIpc) is 2.29. The Balaban J connectivity index is 2.56. The molecule has 0 fully saturated rings. The molecule has 0 aliphatic carbocycles. The van der Waals surface area contributed by atoms with E-state index in [1.54, 1.807) is 0 Å². The number of benzene rings is 1. The minimum Gasteiger partial charge on any atom is -0.373 e. The Morgan fingerprint density at radius 2 is 1.93 bits per heavy atom. The normalized spacial score (nSPS) is 14.3. The zero-order chi connectivity index (χ0) is 11.3. The van der Waals surface area contributed by atoms with Gasteiger partial charge >= 0.3 is 5.97 Å². The average molecular weight is 207 g/mol. The van der Waals surface area contributed by atoms with Crippen molar-refractivity contribution < 1.29 is 9.63 Å². The lowest BCUT2D eigenvalue weighted by molar-refractivity contribution is -0.148. The zero-order valence-corrected chi connectivity index (χ0v) is 9.14. The molecule has 2 atom stereocenters. The Kier molecular flexibility index (Phi) is 4.31. The zero-order valence-electron chi connectivity index (χ0n) is 9.14. The van der Waals surface area contributed by atoms with Gasteiger partial charge in [-0.25, -0.2) is 0 Å². The van der Waals surface area contributed by atoms with Crippen molar-refractivity contribution in [1.29, 1.82) is 0 Å². The van der Waals surface area contributed by atoms with Crippen LogP contribution in [-0.2, 0) is 9.63 Å². The van der Waals surface area contributed by atoms with Crippen molar-refractivity contribution in [3.63, 3.8) is 0 Å². The molecule has 0 saturated carbocycles. The number of nitrogens with two attached hydrogens (primary N) is 1. The van der Waals surface area contributed by atoms with Gasteiger partial charge in [-0.1, -0.05) is 44.2 Å². The molecule has 1 aromatic rings. The first-order valence-electron chi connectivity index (χ1n) is 5.10. The third kappa shape index (κ3) is 3.36. The number of rotatable bonds is 4. The molecule has 0 saturated heterocycles. The molecule has 0 radical (unpaired) electrons. The van der Waals surface area contributed by atoms with Crippen LogP contribution in [0.3, 0.4) is 0 Å². The number of hydrogen-bond acceptors (Lipinski definition) is 3. The maximum absolute atomic E-state index is 11.1. The summed E-state index contributed by atoms with van der Waals surface area (Å²) >= 11 is 0. The maximum Gasteiger partial charge on any atom is 0.327 e. The molecule has 2 N–H and O–H groups in total. The van der Waals surface area contributed by atoms with E-state index in [-0.39, 0.29) is 11.9 Å². The van der Waals surface area contributed by atoms with Gasteiger partial charge < -0.3 is 4.84 Å². The quantitative estimate of drug-likeness (QED) is 0.770. The summed E-state index contributed by atoms with van der Waals surface area (Å²) in [6.45, 7) is 3.92. The van der Waals surface area contributed by atoms with Gasteiger partial charge in [0, 0.05) is 0 Å². The molecular formula is C12H17NO2. The van der Waals surface area contributed by atoms with Crippen LogP contribution in [0.4, 0.5) is 0 Å². The molecule has 3 nitrogen and oxygen atoms in total. The topological polar surface area (TPSA) is 52.3 Å². The summed E-state index contributed by atoms with van der Waals surface area (Å²) in [4.78, 5) is 15.3. The van der Waals surface area contributed by atoms with Gasteiger partial charge in [-0.05, 0) is 17.9 Å². The minimum absolute atomic E-state index is 0.162. The summed E-state index contributed by atoms with van der Waals surface area (Å²) in [6, 6.07) is 10.1. The van der Waals surface area contributed by atoms with Crippen LogP contribution in [0.1, 0.15) is 31.7 Å². The largest absolute Gasteiger partial charge is 0.373 e. The Bertz CT molecular complexity index is 311. The lowest BCUT2D eigenvalue weighted by Gasteiger charge is -2.15.